The molecule has 1 spiro atoms. The number of aromatic amines is 1. The van der Waals surface area contributed by atoms with Gasteiger partial charge in [-0.15, -0.1) is 0 Å². The molecule has 4 aliphatic carbocycles. The molecule has 2 aromatic rings. The number of nitrogens with one attached hydrogen (secondary N) is 1. The van der Waals surface area contributed by atoms with E-state index in [1.54, 1.807) is 0 Å². The van der Waals surface area contributed by atoms with Gasteiger partial charge in [0.15, 0.2) is 17.7 Å². The van der Waals surface area contributed by atoms with Gasteiger partial charge in [-0.1, -0.05) is 19.4 Å². The highest BCUT2D eigenvalue weighted by molar-refractivity contribution is 6.06. The number of carbonyl (C=O) groups is 1. The third-order valence-electron chi connectivity index (χ3n) is 15.9. The van der Waals surface area contributed by atoms with Crippen LogP contribution in [0.1, 0.15) is 122 Å². The number of benzene rings is 1. The Morgan fingerprint density at radius 1 is 0.880 bits per heavy atom. The number of fused-ring (bicyclic) bond motifs is 12. The van der Waals surface area contributed by atoms with Gasteiger partial charge in [0.1, 0.15) is 23.9 Å². The first-order chi connectivity index (χ1) is 23.3. The molecule has 1 aromatic heterocycles. The van der Waals surface area contributed by atoms with Gasteiger partial charge in [0.05, 0.1) is 28.8 Å². The summed E-state index contributed by atoms with van der Waals surface area (Å²) in [5.41, 5.74) is 2.69. The van der Waals surface area contributed by atoms with Crippen LogP contribution >= 0.6 is 0 Å². The molecule has 0 radical (unpaired) electrons. The van der Waals surface area contributed by atoms with Crippen molar-refractivity contribution in [2.45, 2.75) is 172 Å². The highest BCUT2D eigenvalue weighted by atomic mass is 16.8. The lowest BCUT2D eigenvalue weighted by molar-refractivity contribution is -0.343. The van der Waals surface area contributed by atoms with E-state index >= 15 is 0 Å². The summed E-state index contributed by atoms with van der Waals surface area (Å²) in [6.45, 7) is 21.5. The Kier molecular flexibility index (Phi) is 6.09. The van der Waals surface area contributed by atoms with Gasteiger partial charge in [0.25, 0.3) is 0 Å². The Bertz CT molecular complexity index is 1900. The lowest BCUT2D eigenvalue weighted by Crippen LogP contribution is -2.77. The number of allylic oxidation sites excluding steroid dienone is 1. The van der Waals surface area contributed by atoms with Crippen molar-refractivity contribution in [2.24, 2.45) is 23.2 Å². The monoisotopic (exact) mass is 685 g/mol. The van der Waals surface area contributed by atoms with Crippen LogP contribution in [0.25, 0.3) is 10.9 Å². The van der Waals surface area contributed by atoms with E-state index in [-0.39, 0.29) is 53.1 Å². The number of H-pyrrole nitrogens is 1. The van der Waals surface area contributed by atoms with Gasteiger partial charge in [-0.05, 0) is 129 Å². The smallest absolute Gasteiger partial charge is 0.178 e. The second kappa shape index (κ2) is 9.34. The number of epoxide rings is 1. The fourth-order valence-electron chi connectivity index (χ4n) is 13.6. The molecule has 2 saturated carbocycles. The van der Waals surface area contributed by atoms with E-state index in [1.807, 2.05) is 6.08 Å². The minimum atomic E-state index is -1.11. The Morgan fingerprint density at radius 2 is 1.64 bits per heavy atom. The Balaban J connectivity index is 1.07. The maximum absolute atomic E-state index is 14.3. The Morgan fingerprint density at radius 3 is 2.38 bits per heavy atom. The molecule has 12 atom stereocenters. The van der Waals surface area contributed by atoms with Crippen LogP contribution in [0, 0.1) is 23.2 Å². The van der Waals surface area contributed by atoms with E-state index in [9.17, 15) is 9.90 Å². The lowest BCUT2D eigenvalue weighted by atomic mass is 9.40. The van der Waals surface area contributed by atoms with Crippen LogP contribution in [0.5, 0.6) is 0 Å². The van der Waals surface area contributed by atoms with E-state index in [4.69, 9.17) is 23.7 Å². The largest absolute Gasteiger partial charge is 0.386 e. The summed E-state index contributed by atoms with van der Waals surface area (Å²) in [7, 11) is 0. The van der Waals surface area contributed by atoms with Crippen LogP contribution in [-0.4, -0.2) is 74.6 Å². The number of hydrogen-bond donors (Lipinski definition) is 2. The van der Waals surface area contributed by atoms with Crippen molar-refractivity contribution in [1.82, 2.24) is 4.98 Å². The molecular formula is C42H55NO7. The molecule has 1 aromatic carbocycles. The molecule has 270 valence electrons. The van der Waals surface area contributed by atoms with Gasteiger partial charge in [-0.2, -0.15) is 0 Å². The van der Waals surface area contributed by atoms with E-state index in [0.29, 0.717) is 12.3 Å². The number of Topliss-reactive ketones (excluding diaryl/α,β-unsaturated/α-hetero) is 1. The van der Waals surface area contributed by atoms with Gasteiger partial charge < -0.3 is 33.8 Å². The Hall–Kier alpha value is -2.07. The third-order valence-corrected chi connectivity index (χ3v) is 15.9. The van der Waals surface area contributed by atoms with Crippen molar-refractivity contribution in [1.29, 1.82) is 0 Å². The molecule has 0 amide bonds. The van der Waals surface area contributed by atoms with Crippen LogP contribution in [0.3, 0.4) is 0 Å². The van der Waals surface area contributed by atoms with E-state index in [0.717, 1.165) is 48.8 Å². The third kappa shape index (κ3) is 3.54. The molecule has 8 aliphatic rings. The van der Waals surface area contributed by atoms with Crippen molar-refractivity contribution in [3.63, 3.8) is 0 Å². The first kappa shape index (κ1) is 32.6. The maximum atomic E-state index is 14.3. The molecular weight excluding hydrogens is 630 g/mol. The van der Waals surface area contributed by atoms with Crippen LogP contribution in [0.2, 0.25) is 0 Å². The van der Waals surface area contributed by atoms with Crippen LogP contribution in [-0.2, 0) is 41.9 Å². The number of hydrogen-bond acceptors (Lipinski definition) is 7. The summed E-state index contributed by atoms with van der Waals surface area (Å²) in [5.74, 6) is 0.568. The van der Waals surface area contributed by atoms with E-state index < -0.39 is 34.1 Å². The van der Waals surface area contributed by atoms with Gasteiger partial charge in [-0.25, -0.2) is 0 Å². The highest BCUT2D eigenvalue weighted by Gasteiger charge is 2.87. The van der Waals surface area contributed by atoms with Crippen LogP contribution in [0.4, 0.5) is 0 Å². The average Bonchev–Trinajstić information content (AvgIpc) is 3.51. The van der Waals surface area contributed by atoms with Gasteiger partial charge in [0.2, 0.25) is 0 Å². The minimum Gasteiger partial charge on any atom is -0.386 e. The van der Waals surface area contributed by atoms with Gasteiger partial charge in [0, 0.05) is 38.9 Å². The molecule has 4 saturated heterocycles. The molecule has 2 N–H and O–H groups in total. The minimum absolute atomic E-state index is 0.123. The summed E-state index contributed by atoms with van der Waals surface area (Å²) >= 11 is 0. The van der Waals surface area contributed by atoms with Crippen molar-refractivity contribution >= 4 is 16.7 Å². The van der Waals surface area contributed by atoms with Crippen LogP contribution < -0.4 is 0 Å². The van der Waals surface area contributed by atoms with Crippen molar-refractivity contribution < 1.29 is 33.6 Å². The molecule has 6 fully saturated rings. The Labute approximate surface area is 296 Å². The molecule has 3 unspecified atom stereocenters. The predicted molar refractivity (Wildman–Crippen MR) is 188 cm³/mol. The van der Waals surface area contributed by atoms with Crippen molar-refractivity contribution in [3.05, 3.63) is 46.2 Å². The second-order valence-corrected chi connectivity index (χ2v) is 19.6. The topological polar surface area (TPSA) is 103 Å². The molecule has 50 heavy (non-hydrogen) atoms. The molecule has 8 nitrogen and oxygen atoms in total. The fourth-order valence-corrected chi connectivity index (χ4v) is 13.6. The normalized spacial score (nSPS) is 48.3. The molecule has 0 bridgehead atoms. The summed E-state index contributed by atoms with van der Waals surface area (Å²) < 4.78 is 33.4. The van der Waals surface area contributed by atoms with Crippen LogP contribution in [0.15, 0.2) is 23.8 Å². The highest BCUT2D eigenvalue weighted by Crippen LogP contribution is 2.75. The summed E-state index contributed by atoms with van der Waals surface area (Å²) in [5, 5.41) is 14.7. The fraction of sp³-hybridized carbons (Fsp3) is 0.738. The van der Waals surface area contributed by atoms with Gasteiger partial charge >= 0.3 is 0 Å². The van der Waals surface area contributed by atoms with Gasteiger partial charge in [-0.3, -0.25) is 4.79 Å². The number of ketones is 1. The zero-order chi connectivity index (χ0) is 35.3. The van der Waals surface area contributed by atoms with Crippen molar-refractivity contribution in [3.8, 4) is 0 Å². The summed E-state index contributed by atoms with van der Waals surface area (Å²) in [6, 6.07) is 4.19. The standard InChI is InChI=1S/C42H55NO7/c1-20(2)17-28-47-32-34(38(7,8)48-28)46-27-14-15-39(9)40(10)21(13-16-41(39,45)42(27)35(32)49-42)18-24-29-23-19-25-30(37(5,6)50-36(25,3)4)31(44)22(23)11-12-26(29)43-33(24)40/h11-12,17,21,25,27-28,30,32,34-35,43,45H,13-16,18-19H2,1-10H3/t21-,25?,27-,28-,30?,32?,34-,35+,39+,40+,41-,42-/m0/s1. The second-order valence-electron chi connectivity index (χ2n) is 19.6. The van der Waals surface area contributed by atoms with E-state index in [1.165, 1.54) is 22.2 Å². The summed E-state index contributed by atoms with van der Waals surface area (Å²) in [4.78, 5) is 18.2. The van der Waals surface area contributed by atoms with E-state index in [2.05, 4.69) is 86.4 Å². The first-order valence-corrected chi connectivity index (χ1v) is 19.3. The van der Waals surface area contributed by atoms with Crippen molar-refractivity contribution in [2.75, 3.05) is 0 Å². The number of rotatable bonds is 1. The quantitative estimate of drug-likeness (QED) is 0.250. The number of carbonyl (C=O) groups excluding carboxylic acids is 1. The molecule has 8 heteroatoms. The maximum Gasteiger partial charge on any atom is 0.178 e. The number of ether oxygens (including phenoxy) is 5. The number of aromatic nitrogens is 1. The molecule has 5 heterocycles. The average molecular weight is 686 g/mol. The zero-order valence-electron chi connectivity index (χ0n) is 31.5. The predicted octanol–water partition coefficient (Wildman–Crippen LogP) is 6.87. The number of aliphatic hydroxyl groups is 1. The zero-order valence-corrected chi connectivity index (χ0v) is 31.5. The first-order valence-electron chi connectivity index (χ1n) is 19.3. The molecule has 4 aliphatic heterocycles. The summed E-state index contributed by atoms with van der Waals surface area (Å²) in [6.07, 6.45) is 5.41. The SMILES string of the molecule is CC(C)=C[C@H]1OC2[C@H]3O[C@@]34[C@H](CC[C@@]3(C)[C@@]4(O)CC[C@H]4Cc5c([nH]c6ccc7c(c56)CC5C(C7=O)C(C)(C)OC5(C)C)[C@@]43C)O[C@@H]2C(C)(C)O1. The molecule has 10 rings (SSSR count). The lowest BCUT2D eigenvalue weighted by Gasteiger charge is -2.66.